The van der Waals surface area contributed by atoms with E-state index in [9.17, 15) is 9.90 Å². The standard InChI is InChI=1S/C13H20N2O3S/c1-2-15-13(11(16)17)6-3-4-10(13)5-9-19-12-14-7-8-18-12/h7-8,10,15H,2-6,9H2,1H3,(H,16,17). The highest BCUT2D eigenvalue weighted by Gasteiger charge is 2.48. The van der Waals surface area contributed by atoms with Gasteiger partial charge in [-0.15, -0.1) is 0 Å². The van der Waals surface area contributed by atoms with Gasteiger partial charge in [-0.2, -0.15) is 0 Å². The van der Waals surface area contributed by atoms with Gasteiger partial charge in [0.1, 0.15) is 11.8 Å². The summed E-state index contributed by atoms with van der Waals surface area (Å²) in [5.41, 5.74) is -0.730. The minimum atomic E-state index is -0.730. The number of hydrogen-bond acceptors (Lipinski definition) is 5. The van der Waals surface area contributed by atoms with E-state index in [4.69, 9.17) is 4.42 Å². The Morgan fingerprint density at radius 3 is 3.21 bits per heavy atom. The fourth-order valence-electron chi connectivity index (χ4n) is 2.94. The smallest absolute Gasteiger partial charge is 0.324 e. The Hall–Kier alpha value is -1.01. The lowest BCUT2D eigenvalue weighted by Crippen LogP contribution is -2.54. The maximum Gasteiger partial charge on any atom is 0.324 e. The summed E-state index contributed by atoms with van der Waals surface area (Å²) in [4.78, 5) is 15.7. The molecule has 1 heterocycles. The molecular formula is C13H20N2O3S. The molecule has 0 aliphatic heterocycles. The van der Waals surface area contributed by atoms with Crippen LogP contribution in [0.1, 0.15) is 32.6 Å². The van der Waals surface area contributed by atoms with Crippen molar-refractivity contribution in [3.8, 4) is 0 Å². The van der Waals surface area contributed by atoms with E-state index >= 15 is 0 Å². The fourth-order valence-corrected chi connectivity index (χ4v) is 3.78. The number of oxazole rings is 1. The Kier molecular flexibility index (Phi) is 4.87. The molecule has 0 aromatic carbocycles. The summed E-state index contributed by atoms with van der Waals surface area (Å²) in [6.45, 7) is 2.65. The van der Waals surface area contributed by atoms with Crippen molar-refractivity contribution in [1.29, 1.82) is 0 Å². The van der Waals surface area contributed by atoms with Gasteiger partial charge < -0.3 is 14.8 Å². The number of rotatable bonds is 7. The Balaban J connectivity index is 1.92. The summed E-state index contributed by atoms with van der Waals surface area (Å²) in [5, 5.41) is 13.4. The fraction of sp³-hybridized carbons (Fsp3) is 0.692. The minimum absolute atomic E-state index is 0.187. The highest BCUT2D eigenvalue weighted by atomic mass is 32.2. The van der Waals surface area contributed by atoms with Crippen LogP contribution >= 0.6 is 11.8 Å². The number of aromatic nitrogens is 1. The summed E-state index contributed by atoms with van der Waals surface area (Å²) in [5.74, 6) is 0.316. The average molecular weight is 284 g/mol. The third-order valence-corrected chi connectivity index (χ3v) is 4.68. The van der Waals surface area contributed by atoms with Gasteiger partial charge in [0.15, 0.2) is 0 Å². The number of likely N-dealkylation sites (N-methyl/N-ethyl adjacent to an activating group) is 1. The van der Waals surface area contributed by atoms with E-state index in [0.29, 0.717) is 11.8 Å². The van der Waals surface area contributed by atoms with Gasteiger partial charge in [0.25, 0.3) is 5.22 Å². The molecule has 6 heteroatoms. The molecule has 19 heavy (non-hydrogen) atoms. The molecule has 1 fully saturated rings. The third-order valence-electron chi connectivity index (χ3n) is 3.80. The van der Waals surface area contributed by atoms with Gasteiger partial charge in [-0.3, -0.25) is 4.79 Å². The number of carboxylic acids is 1. The van der Waals surface area contributed by atoms with Crippen LogP contribution in [0.2, 0.25) is 0 Å². The predicted octanol–water partition coefficient (Wildman–Crippen LogP) is 2.39. The molecule has 106 valence electrons. The van der Waals surface area contributed by atoms with Crippen LogP contribution < -0.4 is 5.32 Å². The van der Waals surface area contributed by atoms with Crippen LogP contribution in [0.4, 0.5) is 0 Å². The zero-order valence-corrected chi connectivity index (χ0v) is 11.9. The average Bonchev–Trinajstić information content (AvgIpc) is 3.01. The van der Waals surface area contributed by atoms with Gasteiger partial charge in [-0.25, -0.2) is 4.98 Å². The van der Waals surface area contributed by atoms with Gasteiger partial charge in [0.2, 0.25) is 0 Å². The van der Waals surface area contributed by atoms with Crippen LogP contribution in [0, 0.1) is 5.92 Å². The zero-order chi connectivity index (χ0) is 13.7. The van der Waals surface area contributed by atoms with Crippen molar-refractivity contribution in [2.24, 2.45) is 5.92 Å². The second kappa shape index (κ2) is 6.43. The second-order valence-electron chi connectivity index (χ2n) is 4.83. The number of thioether (sulfide) groups is 1. The monoisotopic (exact) mass is 284 g/mol. The number of carboxylic acid groups (broad SMARTS) is 1. The number of carbonyl (C=O) groups is 1. The lowest BCUT2D eigenvalue weighted by atomic mass is 9.85. The molecule has 0 spiro atoms. The summed E-state index contributed by atoms with van der Waals surface area (Å²) in [6, 6.07) is 0. The highest BCUT2D eigenvalue weighted by molar-refractivity contribution is 7.99. The van der Waals surface area contributed by atoms with Crippen molar-refractivity contribution in [1.82, 2.24) is 10.3 Å². The van der Waals surface area contributed by atoms with Crippen molar-refractivity contribution in [2.75, 3.05) is 12.3 Å². The third kappa shape index (κ3) is 3.12. The molecule has 1 aromatic rings. The largest absolute Gasteiger partial charge is 0.480 e. The molecule has 1 aromatic heterocycles. The van der Waals surface area contributed by atoms with Crippen LogP contribution in [0.25, 0.3) is 0 Å². The van der Waals surface area contributed by atoms with Gasteiger partial charge in [0, 0.05) is 5.75 Å². The molecule has 0 radical (unpaired) electrons. The molecule has 2 N–H and O–H groups in total. The summed E-state index contributed by atoms with van der Waals surface area (Å²) in [7, 11) is 0. The van der Waals surface area contributed by atoms with Gasteiger partial charge >= 0.3 is 5.97 Å². The first-order valence-corrected chi connectivity index (χ1v) is 7.68. The number of hydrogen-bond donors (Lipinski definition) is 2. The van der Waals surface area contributed by atoms with E-state index in [2.05, 4.69) is 10.3 Å². The van der Waals surface area contributed by atoms with Crippen molar-refractivity contribution < 1.29 is 14.3 Å². The molecule has 5 nitrogen and oxygen atoms in total. The van der Waals surface area contributed by atoms with E-state index in [1.54, 1.807) is 24.2 Å². The second-order valence-corrected chi connectivity index (χ2v) is 5.88. The van der Waals surface area contributed by atoms with Crippen molar-refractivity contribution in [2.45, 2.75) is 43.4 Å². The Morgan fingerprint density at radius 2 is 2.58 bits per heavy atom. The van der Waals surface area contributed by atoms with Crippen molar-refractivity contribution >= 4 is 17.7 Å². The van der Waals surface area contributed by atoms with E-state index in [1.807, 2.05) is 6.92 Å². The molecule has 0 saturated heterocycles. The van der Waals surface area contributed by atoms with E-state index in [-0.39, 0.29) is 5.92 Å². The molecule has 2 atom stereocenters. The molecule has 1 aliphatic rings. The molecule has 1 saturated carbocycles. The molecule has 0 bridgehead atoms. The summed E-state index contributed by atoms with van der Waals surface area (Å²) >= 11 is 1.55. The normalized spacial score (nSPS) is 26.7. The van der Waals surface area contributed by atoms with Gasteiger partial charge in [-0.1, -0.05) is 25.1 Å². The predicted molar refractivity (Wildman–Crippen MR) is 73.2 cm³/mol. The van der Waals surface area contributed by atoms with Crippen LogP contribution in [0.5, 0.6) is 0 Å². The lowest BCUT2D eigenvalue weighted by molar-refractivity contribution is -0.146. The summed E-state index contributed by atoms with van der Waals surface area (Å²) < 4.78 is 5.17. The first kappa shape index (κ1) is 14.4. The van der Waals surface area contributed by atoms with Crippen LogP contribution in [0.15, 0.2) is 22.1 Å². The molecular weight excluding hydrogens is 264 g/mol. The molecule has 0 amide bonds. The quantitative estimate of drug-likeness (QED) is 0.749. The topological polar surface area (TPSA) is 75.4 Å². The number of nitrogens with one attached hydrogen (secondary N) is 1. The maximum absolute atomic E-state index is 11.6. The lowest BCUT2D eigenvalue weighted by Gasteiger charge is -2.32. The highest BCUT2D eigenvalue weighted by Crippen LogP contribution is 2.39. The first-order chi connectivity index (χ1) is 9.19. The number of nitrogens with zero attached hydrogens (tertiary/aromatic N) is 1. The van der Waals surface area contributed by atoms with E-state index in [1.165, 1.54) is 0 Å². The van der Waals surface area contributed by atoms with E-state index < -0.39 is 11.5 Å². The van der Waals surface area contributed by atoms with Gasteiger partial charge in [0.05, 0.1) is 6.20 Å². The van der Waals surface area contributed by atoms with Crippen LogP contribution in [0.3, 0.4) is 0 Å². The van der Waals surface area contributed by atoms with Crippen molar-refractivity contribution in [3.05, 3.63) is 12.5 Å². The molecule has 1 aliphatic carbocycles. The summed E-state index contributed by atoms with van der Waals surface area (Å²) in [6.07, 6.45) is 6.73. The molecule has 2 unspecified atom stereocenters. The Bertz CT molecular complexity index is 410. The van der Waals surface area contributed by atoms with Gasteiger partial charge in [-0.05, 0) is 31.7 Å². The minimum Gasteiger partial charge on any atom is -0.480 e. The van der Waals surface area contributed by atoms with Crippen LogP contribution in [-0.2, 0) is 4.79 Å². The zero-order valence-electron chi connectivity index (χ0n) is 11.1. The molecule has 2 rings (SSSR count). The number of aliphatic carboxylic acids is 1. The maximum atomic E-state index is 11.6. The Labute approximate surface area is 117 Å². The SMILES string of the molecule is CCNC1(C(=O)O)CCCC1CCSc1ncco1. The first-order valence-electron chi connectivity index (χ1n) is 6.69. The Morgan fingerprint density at radius 1 is 1.74 bits per heavy atom. The van der Waals surface area contributed by atoms with E-state index in [0.717, 1.165) is 31.4 Å². The van der Waals surface area contributed by atoms with Crippen LogP contribution in [-0.4, -0.2) is 33.9 Å². The van der Waals surface area contributed by atoms with Crippen molar-refractivity contribution in [3.63, 3.8) is 0 Å².